The molecule has 5 heteroatoms. The van der Waals surface area contributed by atoms with E-state index < -0.39 is 0 Å². The fourth-order valence-electron chi connectivity index (χ4n) is 2.79. The Morgan fingerprint density at radius 2 is 2.13 bits per heavy atom. The van der Waals surface area contributed by atoms with E-state index in [0.29, 0.717) is 10.8 Å². The van der Waals surface area contributed by atoms with Crippen LogP contribution in [0, 0.1) is 0 Å². The molecule has 2 N–H and O–H groups in total. The number of aromatic nitrogens is 1. The number of thioether (sulfide) groups is 1. The Morgan fingerprint density at radius 3 is 2.83 bits per heavy atom. The van der Waals surface area contributed by atoms with Crippen LogP contribution in [0.15, 0.2) is 30.3 Å². The van der Waals surface area contributed by atoms with Crippen molar-refractivity contribution in [3.05, 3.63) is 35.9 Å². The second-order valence-corrected chi connectivity index (χ2v) is 7.83. The van der Waals surface area contributed by atoms with E-state index in [1.54, 1.807) is 0 Å². The molecule has 0 unspecified atom stereocenters. The largest absolute Gasteiger partial charge is 0.369 e. The molecule has 2 fully saturated rings. The Bertz CT molecular complexity index is 753. The van der Waals surface area contributed by atoms with E-state index in [1.165, 1.54) is 12.8 Å². The van der Waals surface area contributed by atoms with Crippen molar-refractivity contribution in [3.8, 4) is 0 Å². The van der Waals surface area contributed by atoms with Gasteiger partial charge in [0, 0.05) is 22.7 Å². The van der Waals surface area contributed by atoms with Crippen LogP contribution in [0.2, 0.25) is 0 Å². The van der Waals surface area contributed by atoms with Crippen LogP contribution in [0.25, 0.3) is 10.9 Å². The SMILES string of the molecule is CSC1(CNc2cc(C(=O)NC3CC3)c3ccccc3n2)CC1. The Balaban J connectivity index is 1.63. The minimum Gasteiger partial charge on any atom is -0.369 e. The van der Waals surface area contributed by atoms with Gasteiger partial charge in [-0.3, -0.25) is 4.79 Å². The summed E-state index contributed by atoms with van der Waals surface area (Å²) in [5, 5.41) is 7.45. The van der Waals surface area contributed by atoms with Gasteiger partial charge in [0.15, 0.2) is 0 Å². The molecule has 0 aliphatic heterocycles. The number of para-hydroxylation sites is 1. The molecule has 0 spiro atoms. The Kier molecular flexibility index (Phi) is 3.68. The number of amides is 1. The van der Waals surface area contributed by atoms with Crippen LogP contribution in [-0.4, -0.2) is 34.5 Å². The van der Waals surface area contributed by atoms with Crippen LogP contribution in [0.4, 0.5) is 5.82 Å². The summed E-state index contributed by atoms with van der Waals surface area (Å²) >= 11 is 1.92. The zero-order chi connectivity index (χ0) is 15.9. The molecule has 120 valence electrons. The van der Waals surface area contributed by atoms with Gasteiger partial charge in [-0.05, 0) is 44.1 Å². The molecule has 2 saturated carbocycles. The highest BCUT2D eigenvalue weighted by molar-refractivity contribution is 8.00. The normalized spacial score (nSPS) is 18.7. The maximum absolute atomic E-state index is 12.6. The number of nitrogens with zero attached hydrogens (tertiary/aromatic N) is 1. The summed E-state index contributed by atoms with van der Waals surface area (Å²) in [6.45, 7) is 0.906. The number of nitrogens with one attached hydrogen (secondary N) is 2. The van der Waals surface area contributed by atoms with Crippen molar-refractivity contribution in [2.45, 2.75) is 36.5 Å². The Labute approximate surface area is 140 Å². The number of benzene rings is 1. The van der Waals surface area contributed by atoms with Crippen molar-refractivity contribution in [2.75, 3.05) is 18.1 Å². The summed E-state index contributed by atoms with van der Waals surface area (Å²) in [5.74, 6) is 0.810. The lowest BCUT2D eigenvalue weighted by molar-refractivity contribution is 0.0952. The molecular formula is C18H21N3OS. The summed E-state index contributed by atoms with van der Waals surface area (Å²) in [4.78, 5) is 17.2. The van der Waals surface area contributed by atoms with E-state index in [1.807, 2.05) is 42.1 Å². The van der Waals surface area contributed by atoms with Crippen LogP contribution < -0.4 is 10.6 Å². The van der Waals surface area contributed by atoms with Gasteiger partial charge >= 0.3 is 0 Å². The molecule has 4 nitrogen and oxygen atoms in total. The van der Waals surface area contributed by atoms with Crippen LogP contribution in [0.1, 0.15) is 36.0 Å². The first kappa shape index (κ1) is 14.8. The van der Waals surface area contributed by atoms with E-state index in [0.717, 1.165) is 41.7 Å². The van der Waals surface area contributed by atoms with Gasteiger partial charge in [-0.25, -0.2) is 4.98 Å². The quantitative estimate of drug-likeness (QED) is 0.853. The minimum absolute atomic E-state index is 0.0140. The van der Waals surface area contributed by atoms with Crippen molar-refractivity contribution in [3.63, 3.8) is 0 Å². The molecule has 1 aromatic heterocycles. The van der Waals surface area contributed by atoms with Gasteiger partial charge in [0.25, 0.3) is 5.91 Å². The zero-order valence-electron chi connectivity index (χ0n) is 13.3. The summed E-state index contributed by atoms with van der Waals surface area (Å²) in [7, 11) is 0. The number of hydrogen-bond donors (Lipinski definition) is 2. The fraction of sp³-hybridized carbons (Fsp3) is 0.444. The lowest BCUT2D eigenvalue weighted by Gasteiger charge is -2.15. The fourth-order valence-corrected chi connectivity index (χ4v) is 3.52. The zero-order valence-corrected chi connectivity index (χ0v) is 14.1. The van der Waals surface area contributed by atoms with E-state index in [9.17, 15) is 4.79 Å². The molecule has 2 aromatic rings. The summed E-state index contributed by atoms with van der Waals surface area (Å²) in [6, 6.07) is 10.1. The maximum atomic E-state index is 12.6. The van der Waals surface area contributed by atoms with E-state index >= 15 is 0 Å². The number of anilines is 1. The van der Waals surface area contributed by atoms with Gasteiger partial charge in [-0.15, -0.1) is 0 Å². The van der Waals surface area contributed by atoms with E-state index in [2.05, 4.69) is 21.9 Å². The van der Waals surface area contributed by atoms with Crippen LogP contribution >= 0.6 is 11.8 Å². The predicted octanol–water partition coefficient (Wildman–Crippen LogP) is 3.43. The third-order valence-corrected chi connectivity index (χ3v) is 6.12. The lowest BCUT2D eigenvalue weighted by atomic mass is 10.1. The van der Waals surface area contributed by atoms with Gasteiger partial charge in [0.1, 0.15) is 5.82 Å². The van der Waals surface area contributed by atoms with Crippen molar-refractivity contribution in [1.82, 2.24) is 10.3 Å². The molecule has 0 radical (unpaired) electrons. The highest BCUT2D eigenvalue weighted by Crippen LogP contribution is 2.47. The standard InChI is InChI=1S/C18H21N3OS/c1-23-18(8-9-18)11-19-16-10-14(17(22)20-12-6-7-12)13-4-2-3-5-15(13)21-16/h2-5,10,12H,6-9,11H2,1H3,(H,19,21)(H,20,22). The first-order valence-corrected chi connectivity index (χ1v) is 9.41. The second-order valence-electron chi connectivity index (χ2n) is 6.56. The highest BCUT2D eigenvalue weighted by Gasteiger charge is 2.41. The number of fused-ring (bicyclic) bond motifs is 1. The van der Waals surface area contributed by atoms with E-state index in [4.69, 9.17) is 0 Å². The van der Waals surface area contributed by atoms with Gasteiger partial charge < -0.3 is 10.6 Å². The van der Waals surface area contributed by atoms with Crippen LogP contribution in [0.3, 0.4) is 0 Å². The maximum Gasteiger partial charge on any atom is 0.252 e. The van der Waals surface area contributed by atoms with E-state index in [-0.39, 0.29) is 5.91 Å². The van der Waals surface area contributed by atoms with Crippen LogP contribution in [-0.2, 0) is 0 Å². The highest BCUT2D eigenvalue weighted by atomic mass is 32.2. The smallest absolute Gasteiger partial charge is 0.252 e. The van der Waals surface area contributed by atoms with Gasteiger partial charge in [0.05, 0.1) is 11.1 Å². The van der Waals surface area contributed by atoms with Crippen molar-refractivity contribution in [1.29, 1.82) is 0 Å². The first-order chi connectivity index (χ1) is 11.2. The Morgan fingerprint density at radius 1 is 1.35 bits per heavy atom. The molecule has 1 heterocycles. The molecule has 1 aromatic carbocycles. The summed E-state index contributed by atoms with van der Waals surface area (Å²) in [6.07, 6.45) is 6.86. The second kappa shape index (κ2) is 5.71. The molecule has 2 aliphatic rings. The third-order valence-electron chi connectivity index (χ3n) is 4.71. The van der Waals surface area contributed by atoms with Crippen LogP contribution in [0.5, 0.6) is 0 Å². The average molecular weight is 327 g/mol. The number of rotatable bonds is 6. The van der Waals surface area contributed by atoms with Gasteiger partial charge in [-0.1, -0.05) is 18.2 Å². The number of hydrogen-bond acceptors (Lipinski definition) is 4. The molecule has 0 saturated heterocycles. The van der Waals surface area contributed by atoms with Crippen molar-refractivity contribution >= 4 is 34.4 Å². The summed E-state index contributed by atoms with van der Waals surface area (Å²) < 4.78 is 0.365. The number of pyridine rings is 1. The van der Waals surface area contributed by atoms with Crippen molar-refractivity contribution in [2.24, 2.45) is 0 Å². The third kappa shape index (κ3) is 3.15. The topological polar surface area (TPSA) is 54.0 Å². The average Bonchev–Trinajstić information content (AvgIpc) is 3.48. The lowest BCUT2D eigenvalue weighted by Crippen LogP contribution is -2.26. The summed E-state index contributed by atoms with van der Waals surface area (Å²) in [5.41, 5.74) is 1.59. The molecule has 0 atom stereocenters. The monoisotopic (exact) mass is 327 g/mol. The molecule has 23 heavy (non-hydrogen) atoms. The number of carbonyl (C=O) groups excluding carboxylic acids is 1. The molecule has 0 bridgehead atoms. The Hall–Kier alpha value is -1.75. The van der Waals surface area contributed by atoms with Gasteiger partial charge in [0.2, 0.25) is 0 Å². The van der Waals surface area contributed by atoms with Gasteiger partial charge in [-0.2, -0.15) is 11.8 Å². The predicted molar refractivity (Wildman–Crippen MR) is 96.2 cm³/mol. The number of carbonyl (C=O) groups is 1. The minimum atomic E-state index is 0.0140. The van der Waals surface area contributed by atoms with Crippen molar-refractivity contribution < 1.29 is 4.79 Å². The molecule has 1 amide bonds. The molecule has 4 rings (SSSR count). The molecular weight excluding hydrogens is 306 g/mol. The first-order valence-electron chi connectivity index (χ1n) is 8.19. The molecule has 2 aliphatic carbocycles.